The van der Waals surface area contributed by atoms with Crippen molar-refractivity contribution in [1.82, 2.24) is 0 Å². The molecule has 9 heavy (non-hydrogen) atoms. The van der Waals surface area contributed by atoms with Gasteiger partial charge in [-0.25, -0.2) is 0 Å². The molecule has 0 bridgehead atoms. The smallest absolute Gasteiger partial charge is 0.326 e. The first kappa shape index (κ1) is 10.2. The van der Waals surface area contributed by atoms with E-state index in [1.54, 1.807) is 0 Å². The Morgan fingerprint density at radius 2 is 1.67 bits per heavy atom. The van der Waals surface area contributed by atoms with Crippen LogP contribution in [0.25, 0.3) is 0 Å². The first-order valence-corrected chi connectivity index (χ1v) is 2.67. The second kappa shape index (κ2) is 5.98. The Hall–Kier alpha value is 1.23. The molecule has 1 rings (SSSR count). The molecule has 2 N–H and O–H groups in total. The van der Waals surface area contributed by atoms with Crippen LogP contribution in [0.3, 0.4) is 0 Å². The third kappa shape index (κ3) is 3.83. The van der Waals surface area contributed by atoms with Crippen molar-refractivity contribution in [2.75, 3.05) is 0 Å². The van der Waals surface area contributed by atoms with Crippen LogP contribution in [0.5, 0.6) is 0 Å². The summed E-state index contributed by atoms with van der Waals surface area (Å²) in [7, 11) is 0. The van der Waals surface area contributed by atoms with Gasteiger partial charge < -0.3 is 5.73 Å². The summed E-state index contributed by atoms with van der Waals surface area (Å²) < 4.78 is 0. The molecule has 0 amide bonds. The van der Waals surface area contributed by atoms with Crippen LogP contribution in [0.1, 0.15) is 5.56 Å². The molecule has 42 valence electrons. The standard InChI is InChI=1S/C7H9N.Cs/c8-6-7-4-2-1-3-5-7;/h1-5H,6,8H2;/q;+1. The van der Waals surface area contributed by atoms with Gasteiger partial charge in [-0.15, -0.1) is 0 Å². The minimum Gasteiger partial charge on any atom is -0.326 e. The quantitative estimate of drug-likeness (QED) is 0.612. The topological polar surface area (TPSA) is 26.0 Å². The maximum absolute atomic E-state index is 5.35. The van der Waals surface area contributed by atoms with Gasteiger partial charge in [0.15, 0.2) is 0 Å². The summed E-state index contributed by atoms with van der Waals surface area (Å²) >= 11 is 0. The van der Waals surface area contributed by atoms with Crippen molar-refractivity contribution < 1.29 is 68.9 Å². The molecular formula is C7H9CsN+. The number of hydrogen-bond acceptors (Lipinski definition) is 1. The van der Waals surface area contributed by atoms with E-state index >= 15 is 0 Å². The van der Waals surface area contributed by atoms with E-state index in [2.05, 4.69) is 0 Å². The SMILES string of the molecule is NCc1ccccc1.[Cs+]. The fourth-order valence-corrected chi connectivity index (χ4v) is 0.614. The van der Waals surface area contributed by atoms with Gasteiger partial charge in [-0.2, -0.15) is 0 Å². The van der Waals surface area contributed by atoms with Crippen molar-refractivity contribution in [1.29, 1.82) is 0 Å². The molecule has 0 saturated carbocycles. The van der Waals surface area contributed by atoms with Gasteiger partial charge in [0.05, 0.1) is 0 Å². The fraction of sp³-hybridized carbons (Fsp3) is 0.143. The Morgan fingerprint density at radius 3 is 2.00 bits per heavy atom. The van der Waals surface area contributed by atoms with Crippen LogP contribution >= 0.6 is 0 Å². The van der Waals surface area contributed by atoms with E-state index < -0.39 is 0 Å². The van der Waals surface area contributed by atoms with Crippen LogP contribution in [-0.4, -0.2) is 0 Å². The van der Waals surface area contributed by atoms with Gasteiger partial charge in [0.1, 0.15) is 0 Å². The molecule has 0 unspecified atom stereocenters. The maximum atomic E-state index is 5.35. The van der Waals surface area contributed by atoms with E-state index in [1.807, 2.05) is 30.3 Å². The summed E-state index contributed by atoms with van der Waals surface area (Å²) in [6.07, 6.45) is 0. The summed E-state index contributed by atoms with van der Waals surface area (Å²) in [5, 5.41) is 0. The van der Waals surface area contributed by atoms with E-state index in [-0.39, 0.29) is 68.9 Å². The molecule has 0 aliphatic rings. The first-order chi connectivity index (χ1) is 3.93. The van der Waals surface area contributed by atoms with E-state index in [9.17, 15) is 0 Å². The largest absolute Gasteiger partial charge is 1.00 e. The Labute approximate surface area is 114 Å². The molecule has 2 heteroatoms. The van der Waals surface area contributed by atoms with Crippen LogP contribution in [0, 0.1) is 0 Å². The van der Waals surface area contributed by atoms with Crippen molar-refractivity contribution >= 4 is 0 Å². The van der Waals surface area contributed by atoms with Crippen molar-refractivity contribution in [2.24, 2.45) is 5.73 Å². The zero-order chi connectivity index (χ0) is 5.82. The Morgan fingerprint density at radius 1 is 1.11 bits per heavy atom. The molecule has 0 aromatic heterocycles. The predicted octanol–water partition coefficient (Wildman–Crippen LogP) is -1.85. The van der Waals surface area contributed by atoms with Crippen LogP contribution < -0.4 is 74.6 Å². The minimum atomic E-state index is 0. The van der Waals surface area contributed by atoms with Gasteiger partial charge >= 0.3 is 68.9 Å². The molecule has 1 aromatic carbocycles. The molecule has 0 aliphatic heterocycles. The Bertz CT molecular complexity index is 150. The van der Waals surface area contributed by atoms with Gasteiger partial charge in [-0.3, -0.25) is 0 Å². The van der Waals surface area contributed by atoms with E-state index in [1.165, 1.54) is 5.56 Å². The Kier molecular flexibility index (Phi) is 6.79. The van der Waals surface area contributed by atoms with Gasteiger partial charge in [-0.05, 0) is 5.56 Å². The van der Waals surface area contributed by atoms with Crippen LogP contribution in [-0.2, 0) is 6.54 Å². The third-order valence-electron chi connectivity index (χ3n) is 1.08. The van der Waals surface area contributed by atoms with Gasteiger partial charge in [0, 0.05) is 6.54 Å². The van der Waals surface area contributed by atoms with Crippen LogP contribution in [0.15, 0.2) is 30.3 Å². The maximum Gasteiger partial charge on any atom is 1.00 e. The monoisotopic (exact) mass is 240 g/mol. The zero-order valence-corrected chi connectivity index (χ0v) is 12.0. The molecule has 0 fully saturated rings. The molecule has 0 spiro atoms. The predicted molar refractivity (Wildman–Crippen MR) is 34.3 cm³/mol. The van der Waals surface area contributed by atoms with Crippen molar-refractivity contribution in [3.8, 4) is 0 Å². The fourth-order valence-electron chi connectivity index (χ4n) is 0.614. The van der Waals surface area contributed by atoms with Crippen molar-refractivity contribution in [3.05, 3.63) is 35.9 Å². The number of nitrogens with two attached hydrogens (primary N) is 1. The number of rotatable bonds is 1. The van der Waals surface area contributed by atoms with Gasteiger partial charge in [0.2, 0.25) is 0 Å². The zero-order valence-electron chi connectivity index (χ0n) is 5.67. The van der Waals surface area contributed by atoms with E-state index in [0.717, 1.165) is 0 Å². The summed E-state index contributed by atoms with van der Waals surface area (Å²) in [6.45, 7) is 0.640. The van der Waals surface area contributed by atoms with Crippen molar-refractivity contribution in [2.45, 2.75) is 6.54 Å². The molecule has 0 radical (unpaired) electrons. The van der Waals surface area contributed by atoms with Gasteiger partial charge in [0.25, 0.3) is 0 Å². The molecule has 0 heterocycles. The molecule has 0 atom stereocenters. The normalized spacial score (nSPS) is 8.11. The molecule has 0 aliphatic carbocycles. The first-order valence-electron chi connectivity index (χ1n) is 2.67. The summed E-state index contributed by atoms with van der Waals surface area (Å²) in [4.78, 5) is 0. The van der Waals surface area contributed by atoms with Crippen LogP contribution in [0.2, 0.25) is 0 Å². The summed E-state index contributed by atoms with van der Waals surface area (Å²) in [5.41, 5.74) is 6.54. The minimum absolute atomic E-state index is 0. The van der Waals surface area contributed by atoms with E-state index in [0.29, 0.717) is 6.54 Å². The van der Waals surface area contributed by atoms with Crippen molar-refractivity contribution in [3.63, 3.8) is 0 Å². The average Bonchev–Trinajstić information content (AvgIpc) is 1.90. The summed E-state index contributed by atoms with van der Waals surface area (Å²) in [6, 6.07) is 9.99. The molecular weight excluding hydrogens is 231 g/mol. The number of benzene rings is 1. The molecule has 0 saturated heterocycles. The number of hydrogen-bond donors (Lipinski definition) is 1. The second-order valence-corrected chi connectivity index (χ2v) is 1.69. The summed E-state index contributed by atoms with van der Waals surface area (Å²) in [5.74, 6) is 0. The van der Waals surface area contributed by atoms with E-state index in [4.69, 9.17) is 5.73 Å². The molecule has 1 aromatic rings. The Balaban J connectivity index is 0.000000640. The van der Waals surface area contributed by atoms with Gasteiger partial charge in [-0.1, -0.05) is 30.3 Å². The third-order valence-corrected chi connectivity index (χ3v) is 1.08. The van der Waals surface area contributed by atoms with Crippen LogP contribution in [0.4, 0.5) is 0 Å². The second-order valence-electron chi connectivity index (χ2n) is 1.69. The molecule has 1 nitrogen and oxygen atoms in total. The average molecular weight is 240 g/mol.